The molecule has 186 valence electrons. The SMILES string of the molecule is Cl.O=C(c1ccc(Cl)cc1)c1c[nH]c2cccc(C(=O)N3CCN(CCc4ccc(F)cc4)CC3)c12. The maximum absolute atomic E-state index is 13.5. The highest BCUT2D eigenvalue weighted by molar-refractivity contribution is 6.30. The zero-order valence-corrected chi connectivity index (χ0v) is 21.1. The van der Waals surface area contributed by atoms with Crippen LogP contribution in [0.1, 0.15) is 31.8 Å². The third-order valence-electron chi connectivity index (χ3n) is 6.58. The maximum atomic E-state index is 13.5. The number of hydrogen-bond acceptors (Lipinski definition) is 3. The van der Waals surface area contributed by atoms with E-state index in [1.807, 2.05) is 29.2 Å². The summed E-state index contributed by atoms with van der Waals surface area (Å²) in [7, 11) is 0. The fourth-order valence-corrected chi connectivity index (χ4v) is 4.71. The van der Waals surface area contributed by atoms with Gasteiger partial charge in [0.1, 0.15) is 5.82 Å². The van der Waals surface area contributed by atoms with Gasteiger partial charge in [-0.05, 0) is 60.5 Å². The summed E-state index contributed by atoms with van der Waals surface area (Å²) in [6.07, 6.45) is 2.51. The zero-order chi connectivity index (χ0) is 24.4. The van der Waals surface area contributed by atoms with Crippen LogP contribution in [-0.2, 0) is 6.42 Å². The number of aromatic nitrogens is 1. The molecular weight excluding hydrogens is 500 g/mol. The smallest absolute Gasteiger partial charge is 0.254 e. The molecule has 5 rings (SSSR count). The number of piperazine rings is 1. The van der Waals surface area contributed by atoms with E-state index in [1.54, 1.807) is 36.5 Å². The third-order valence-corrected chi connectivity index (χ3v) is 6.83. The van der Waals surface area contributed by atoms with Crippen LogP contribution in [0.25, 0.3) is 10.9 Å². The van der Waals surface area contributed by atoms with Crippen LogP contribution in [0.2, 0.25) is 5.02 Å². The van der Waals surface area contributed by atoms with Crippen LogP contribution in [0.4, 0.5) is 4.39 Å². The molecule has 2 heterocycles. The van der Waals surface area contributed by atoms with Gasteiger partial charge in [-0.3, -0.25) is 14.5 Å². The molecule has 1 fully saturated rings. The van der Waals surface area contributed by atoms with Crippen molar-refractivity contribution in [1.29, 1.82) is 0 Å². The van der Waals surface area contributed by atoms with E-state index >= 15 is 0 Å². The van der Waals surface area contributed by atoms with E-state index in [4.69, 9.17) is 11.6 Å². The van der Waals surface area contributed by atoms with E-state index in [2.05, 4.69) is 9.88 Å². The molecule has 3 aromatic carbocycles. The topological polar surface area (TPSA) is 56.4 Å². The first-order valence-corrected chi connectivity index (χ1v) is 12.0. The van der Waals surface area contributed by atoms with Crippen LogP contribution in [0.5, 0.6) is 0 Å². The minimum Gasteiger partial charge on any atom is -0.360 e. The molecule has 0 saturated carbocycles. The van der Waals surface area contributed by atoms with Crippen molar-refractivity contribution in [3.05, 3.63) is 106 Å². The summed E-state index contributed by atoms with van der Waals surface area (Å²) in [5, 5.41) is 1.21. The number of ketones is 1. The predicted molar refractivity (Wildman–Crippen MR) is 143 cm³/mol. The molecule has 1 amide bonds. The molecule has 1 N–H and O–H groups in total. The minimum atomic E-state index is -0.226. The van der Waals surface area contributed by atoms with Gasteiger partial charge in [0.25, 0.3) is 5.91 Å². The van der Waals surface area contributed by atoms with E-state index in [1.165, 1.54) is 12.1 Å². The number of rotatable bonds is 6. The van der Waals surface area contributed by atoms with E-state index in [-0.39, 0.29) is 29.9 Å². The van der Waals surface area contributed by atoms with E-state index in [0.717, 1.165) is 37.1 Å². The van der Waals surface area contributed by atoms with Gasteiger partial charge in [-0.25, -0.2) is 4.39 Å². The Labute approximate surface area is 220 Å². The average molecular weight is 526 g/mol. The van der Waals surface area contributed by atoms with E-state index in [9.17, 15) is 14.0 Å². The van der Waals surface area contributed by atoms with Crippen LogP contribution in [0.15, 0.2) is 72.9 Å². The van der Waals surface area contributed by atoms with Crippen molar-refractivity contribution in [2.45, 2.75) is 6.42 Å². The molecule has 4 aromatic rings. The molecule has 0 atom stereocenters. The first-order valence-electron chi connectivity index (χ1n) is 11.7. The van der Waals surface area contributed by atoms with Gasteiger partial charge < -0.3 is 9.88 Å². The van der Waals surface area contributed by atoms with Gasteiger partial charge in [0.05, 0.1) is 0 Å². The van der Waals surface area contributed by atoms with Crippen LogP contribution < -0.4 is 0 Å². The monoisotopic (exact) mass is 525 g/mol. The molecule has 0 aliphatic carbocycles. The van der Waals surface area contributed by atoms with Crippen molar-refractivity contribution in [2.75, 3.05) is 32.7 Å². The fourth-order valence-electron chi connectivity index (χ4n) is 4.58. The summed E-state index contributed by atoms with van der Waals surface area (Å²) >= 11 is 5.97. The Kier molecular flexibility index (Phi) is 8.09. The summed E-state index contributed by atoms with van der Waals surface area (Å²) in [6.45, 7) is 3.63. The highest BCUT2D eigenvalue weighted by atomic mass is 35.5. The maximum Gasteiger partial charge on any atom is 0.254 e. The highest BCUT2D eigenvalue weighted by Crippen LogP contribution is 2.27. The van der Waals surface area contributed by atoms with Gasteiger partial charge in [0.15, 0.2) is 5.78 Å². The van der Waals surface area contributed by atoms with E-state index in [0.29, 0.717) is 40.2 Å². The van der Waals surface area contributed by atoms with Crippen molar-refractivity contribution < 1.29 is 14.0 Å². The highest BCUT2D eigenvalue weighted by Gasteiger charge is 2.26. The lowest BCUT2D eigenvalue weighted by Crippen LogP contribution is -2.49. The summed E-state index contributed by atoms with van der Waals surface area (Å²) in [5.74, 6) is -0.450. The quantitative estimate of drug-likeness (QED) is 0.332. The molecule has 0 bridgehead atoms. The second kappa shape index (κ2) is 11.2. The number of halogens is 3. The predicted octanol–water partition coefficient (Wildman–Crippen LogP) is 5.61. The molecule has 36 heavy (non-hydrogen) atoms. The van der Waals surface area contributed by atoms with Crippen LogP contribution in [-0.4, -0.2) is 59.2 Å². The summed E-state index contributed by atoms with van der Waals surface area (Å²) < 4.78 is 13.1. The van der Waals surface area contributed by atoms with Gasteiger partial charge in [-0.1, -0.05) is 29.8 Å². The normalized spacial score (nSPS) is 14.0. The molecule has 1 aliphatic heterocycles. The summed E-state index contributed by atoms with van der Waals surface area (Å²) in [6, 6.07) is 18.9. The molecular formula is C28H26Cl2FN3O2. The number of H-pyrrole nitrogens is 1. The Hall–Kier alpha value is -3.19. The number of benzene rings is 3. The van der Waals surface area contributed by atoms with Gasteiger partial charge in [-0.15, -0.1) is 12.4 Å². The second-order valence-corrected chi connectivity index (χ2v) is 9.21. The van der Waals surface area contributed by atoms with Crippen molar-refractivity contribution >= 4 is 46.6 Å². The van der Waals surface area contributed by atoms with Crippen molar-refractivity contribution in [3.63, 3.8) is 0 Å². The van der Waals surface area contributed by atoms with Crippen LogP contribution >= 0.6 is 24.0 Å². The number of hydrogen-bond donors (Lipinski definition) is 1. The lowest BCUT2D eigenvalue weighted by atomic mass is 9.98. The number of nitrogens with zero attached hydrogens (tertiary/aromatic N) is 2. The van der Waals surface area contributed by atoms with Gasteiger partial charge in [0, 0.05) is 71.5 Å². The number of amides is 1. The molecule has 0 unspecified atom stereocenters. The Morgan fingerprint density at radius 3 is 2.28 bits per heavy atom. The van der Waals surface area contributed by atoms with Crippen LogP contribution in [0, 0.1) is 5.82 Å². The minimum absolute atomic E-state index is 0. The van der Waals surface area contributed by atoms with Crippen molar-refractivity contribution in [2.24, 2.45) is 0 Å². The van der Waals surface area contributed by atoms with E-state index < -0.39 is 0 Å². The average Bonchev–Trinajstić information content (AvgIpc) is 3.33. The molecule has 8 heteroatoms. The van der Waals surface area contributed by atoms with Gasteiger partial charge in [-0.2, -0.15) is 0 Å². The molecule has 0 spiro atoms. The Morgan fingerprint density at radius 1 is 0.889 bits per heavy atom. The first kappa shape index (κ1) is 25.9. The number of carbonyl (C=O) groups is 2. The summed E-state index contributed by atoms with van der Waals surface area (Å²) in [5.41, 5.74) is 3.38. The molecule has 1 aliphatic rings. The second-order valence-electron chi connectivity index (χ2n) is 8.78. The van der Waals surface area contributed by atoms with Gasteiger partial charge >= 0.3 is 0 Å². The first-order chi connectivity index (χ1) is 17.0. The van der Waals surface area contributed by atoms with Crippen molar-refractivity contribution in [3.8, 4) is 0 Å². The lowest BCUT2D eigenvalue weighted by Gasteiger charge is -2.35. The molecule has 1 aromatic heterocycles. The molecule has 1 saturated heterocycles. The number of nitrogens with one attached hydrogen (secondary N) is 1. The summed E-state index contributed by atoms with van der Waals surface area (Å²) in [4.78, 5) is 34.0. The Bertz CT molecular complexity index is 1360. The van der Waals surface area contributed by atoms with Crippen molar-refractivity contribution in [1.82, 2.24) is 14.8 Å². The number of carbonyl (C=O) groups excluding carboxylic acids is 2. The standard InChI is InChI=1S/C28H25ClFN3O2.ClH/c29-21-8-6-20(7-9-21)27(34)24-18-31-25-3-1-2-23(26(24)25)28(35)33-16-14-32(15-17-33)13-12-19-4-10-22(30)11-5-19;/h1-11,18,31H,12-17H2;1H. The van der Waals surface area contributed by atoms with Gasteiger partial charge in [0.2, 0.25) is 0 Å². The lowest BCUT2D eigenvalue weighted by molar-refractivity contribution is 0.0640. The fraction of sp³-hybridized carbons (Fsp3) is 0.214. The number of aromatic amines is 1. The number of fused-ring (bicyclic) bond motifs is 1. The Morgan fingerprint density at radius 2 is 1.58 bits per heavy atom. The Balaban J connectivity index is 0.00000304. The van der Waals surface area contributed by atoms with Crippen LogP contribution in [0.3, 0.4) is 0 Å². The largest absolute Gasteiger partial charge is 0.360 e. The molecule has 5 nitrogen and oxygen atoms in total. The zero-order valence-electron chi connectivity index (χ0n) is 19.5. The molecule has 0 radical (unpaired) electrons. The third kappa shape index (κ3) is 5.46.